The normalized spacial score (nSPS) is 17.3. The van der Waals surface area contributed by atoms with Gasteiger partial charge in [0.2, 0.25) is 0 Å². The molecule has 0 bridgehead atoms. The van der Waals surface area contributed by atoms with Crippen LogP contribution < -0.4 is 9.64 Å². The van der Waals surface area contributed by atoms with Crippen molar-refractivity contribution in [3.05, 3.63) is 42.1 Å². The number of hydrogen-bond acceptors (Lipinski definition) is 6. The zero-order valence-corrected chi connectivity index (χ0v) is 12.4. The Morgan fingerprint density at radius 2 is 2.36 bits per heavy atom. The van der Waals surface area contributed by atoms with E-state index in [9.17, 15) is 0 Å². The van der Waals surface area contributed by atoms with Crippen LogP contribution >= 0.6 is 0 Å². The number of nitriles is 1. The zero-order chi connectivity index (χ0) is 15.4. The number of ether oxygens (including phenoxy) is 1. The third-order valence-electron chi connectivity index (χ3n) is 3.80. The van der Waals surface area contributed by atoms with E-state index in [1.165, 1.54) is 6.20 Å². The predicted molar refractivity (Wildman–Crippen MR) is 81.6 cm³/mol. The molecular formula is C16H17N5O. The zero-order valence-electron chi connectivity index (χ0n) is 12.4. The second-order valence-electron chi connectivity index (χ2n) is 5.26. The van der Waals surface area contributed by atoms with Crippen LogP contribution in [0.15, 0.2) is 30.7 Å². The van der Waals surface area contributed by atoms with Crippen LogP contribution in [0.3, 0.4) is 0 Å². The van der Waals surface area contributed by atoms with E-state index in [0.717, 1.165) is 36.6 Å². The van der Waals surface area contributed by atoms with Crippen LogP contribution in [0.5, 0.6) is 5.75 Å². The minimum absolute atomic E-state index is 0.239. The third kappa shape index (κ3) is 2.98. The van der Waals surface area contributed by atoms with E-state index in [4.69, 9.17) is 10.00 Å². The fourth-order valence-corrected chi connectivity index (χ4v) is 2.67. The first-order chi connectivity index (χ1) is 10.8. The van der Waals surface area contributed by atoms with Crippen molar-refractivity contribution >= 4 is 5.82 Å². The Bertz CT molecular complexity index is 697. The highest BCUT2D eigenvalue weighted by molar-refractivity contribution is 5.41. The molecule has 6 heteroatoms. The van der Waals surface area contributed by atoms with Gasteiger partial charge in [-0.25, -0.2) is 4.98 Å². The largest absolute Gasteiger partial charge is 0.490 e. The molecule has 2 aromatic rings. The van der Waals surface area contributed by atoms with Crippen LogP contribution in [0.25, 0.3) is 0 Å². The first-order valence-electron chi connectivity index (χ1n) is 7.31. The fourth-order valence-electron chi connectivity index (χ4n) is 2.67. The fraction of sp³-hybridized carbons (Fsp3) is 0.375. The van der Waals surface area contributed by atoms with E-state index in [0.29, 0.717) is 12.3 Å². The molecule has 2 aromatic heterocycles. The van der Waals surface area contributed by atoms with E-state index >= 15 is 0 Å². The third-order valence-corrected chi connectivity index (χ3v) is 3.80. The molecule has 0 N–H and O–H groups in total. The highest BCUT2D eigenvalue weighted by Gasteiger charge is 2.27. The molecule has 0 radical (unpaired) electrons. The average Bonchev–Trinajstić information content (AvgIpc) is 3.03. The summed E-state index contributed by atoms with van der Waals surface area (Å²) in [6, 6.07) is 6.07. The van der Waals surface area contributed by atoms with Gasteiger partial charge in [-0.1, -0.05) is 0 Å². The van der Waals surface area contributed by atoms with Gasteiger partial charge in [-0.2, -0.15) is 5.26 Å². The Morgan fingerprint density at radius 3 is 3.18 bits per heavy atom. The van der Waals surface area contributed by atoms with Crippen LogP contribution in [0, 0.1) is 18.3 Å². The van der Waals surface area contributed by atoms with E-state index in [-0.39, 0.29) is 6.04 Å². The molecule has 6 nitrogen and oxygen atoms in total. The standard InChI is InChI=1S/C16H17N5O/c1-12-15(5-2-6-19-12)22-11-14-4-3-7-21(14)16-10-18-9-13(8-17)20-16/h2,5-6,9-10,14H,3-4,7,11H2,1H3/t14-/m1/s1. The van der Waals surface area contributed by atoms with Crippen molar-refractivity contribution < 1.29 is 4.74 Å². The highest BCUT2D eigenvalue weighted by Crippen LogP contribution is 2.24. The molecule has 0 saturated carbocycles. The Hall–Kier alpha value is -2.68. The maximum Gasteiger partial charge on any atom is 0.161 e. The quantitative estimate of drug-likeness (QED) is 0.860. The number of anilines is 1. The lowest BCUT2D eigenvalue weighted by Gasteiger charge is -2.25. The van der Waals surface area contributed by atoms with Crippen LogP contribution in [0.1, 0.15) is 24.2 Å². The van der Waals surface area contributed by atoms with Gasteiger partial charge in [-0.15, -0.1) is 0 Å². The van der Waals surface area contributed by atoms with E-state index in [2.05, 4.69) is 19.9 Å². The minimum Gasteiger partial charge on any atom is -0.490 e. The monoisotopic (exact) mass is 295 g/mol. The predicted octanol–water partition coefficient (Wildman–Crippen LogP) is 2.10. The Kier molecular flexibility index (Phi) is 4.15. The summed E-state index contributed by atoms with van der Waals surface area (Å²) in [5.41, 5.74) is 1.23. The molecule has 1 atom stereocenters. The van der Waals surface area contributed by atoms with Gasteiger partial charge in [0.25, 0.3) is 0 Å². The van der Waals surface area contributed by atoms with Gasteiger partial charge >= 0.3 is 0 Å². The summed E-state index contributed by atoms with van der Waals surface area (Å²) in [7, 11) is 0. The summed E-state index contributed by atoms with van der Waals surface area (Å²) in [5, 5.41) is 8.95. The summed E-state index contributed by atoms with van der Waals surface area (Å²) in [6.07, 6.45) is 7.06. The van der Waals surface area contributed by atoms with Crippen LogP contribution in [0.4, 0.5) is 5.82 Å². The van der Waals surface area contributed by atoms with Gasteiger partial charge in [0.1, 0.15) is 24.2 Å². The van der Waals surface area contributed by atoms with Gasteiger partial charge in [-0.3, -0.25) is 9.97 Å². The van der Waals surface area contributed by atoms with Crippen molar-refractivity contribution in [1.29, 1.82) is 5.26 Å². The second-order valence-corrected chi connectivity index (χ2v) is 5.26. The molecule has 0 amide bonds. The van der Waals surface area contributed by atoms with Gasteiger partial charge in [0, 0.05) is 12.7 Å². The van der Waals surface area contributed by atoms with Gasteiger partial charge < -0.3 is 9.64 Å². The lowest BCUT2D eigenvalue weighted by molar-refractivity contribution is 0.285. The lowest BCUT2D eigenvalue weighted by Crippen LogP contribution is -2.35. The molecule has 1 fully saturated rings. The highest BCUT2D eigenvalue weighted by atomic mass is 16.5. The number of nitrogens with zero attached hydrogens (tertiary/aromatic N) is 5. The van der Waals surface area contributed by atoms with E-state index in [1.807, 2.05) is 25.1 Å². The average molecular weight is 295 g/mol. The van der Waals surface area contributed by atoms with Gasteiger partial charge in [0.15, 0.2) is 5.69 Å². The van der Waals surface area contributed by atoms with Gasteiger partial charge in [0.05, 0.1) is 24.1 Å². The second kappa shape index (κ2) is 6.39. The first-order valence-corrected chi connectivity index (χ1v) is 7.31. The van der Waals surface area contributed by atoms with Crippen molar-refractivity contribution in [2.45, 2.75) is 25.8 Å². The summed E-state index contributed by atoms with van der Waals surface area (Å²) in [5.74, 6) is 1.55. The van der Waals surface area contributed by atoms with Crippen LogP contribution in [-0.4, -0.2) is 34.1 Å². The topological polar surface area (TPSA) is 74.9 Å². The number of hydrogen-bond donors (Lipinski definition) is 0. The maximum atomic E-state index is 8.95. The number of rotatable bonds is 4. The van der Waals surface area contributed by atoms with Crippen molar-refractivity contribution in [2.24, 2.45) is 0 Å². The molecule has 1 aliphatic rings. The van der Waals surface area contributed by atoms with Gasteiger partial charge in [-0.05, 0) is 31.9 Å². The molecule has 1 aliphatic heterocycles. The number of aromatic nitrogens is 3. The lowest BCUT2D eigenvalue weighted by atomic mass is 10.2. The summed E-state index contributed by atoms with van der Waals surface area (Å²) in [6.45, 7) is 3.41. The molecule has 3 heterocycles. The molecule has 0 unspecified atom stereocenters. The molecule has 0 spiro atoms. The molecule has 0 aromatic carbocycles. The van der Waals surface area contributed by atoms with Crippen molar-refractivity contribution in [2.75, 3.05) is 18.1 Å². The van der Waals surface area contributed by atoms with Crippen LogP contribution in [0.2, 0.25) is 0 Å². The molecular weight excluding hydrogens is 278 g/mol. The van der Waals surface area contributed by atoms with Crippen molar-refractivity contribution in [3.63, 3.8) is 0 Å². The number of aryl methyl sites for hydroxylation is 1. The van der Waals surface area contributed by atoms with Crippen molar-refractivity contribution in [1.82, 2.24) is 15.0 Å². The Morgan fingerprint density at radius 1 is 1.45 bits per heavy atom. The molecule has 1 saturated heterocycles. The molecule has 22 heavy (non-hydrogen) atoms. The van der Waals surface area contributed by atoms with E-state index < -0.39 is 0 Å². The Balaban J connectivity index is 1.71. The molecule has 112 valence electrons. The van der Waals surface area contributed by atoms with Crippen LogP contribution in [-0.2, 0) is 0 Å². The molecule has 0 aliphatic carbocycles. The first kappa shape index (κ1) is 14.3. The van der Waals surface area contributed by atoms with E-state index in [1.54, 1.807) is 12.4 Å². The Labute approximate surface area is 129 Å². The summed E-state index contributed by atoms with van der Waals surface area (Å²) >= 11 is 0. The summed E-state index contributed by atoms with van der Waals surface area (Å²) in [4.78, 5) is 14.8. The summed E-state index contributed by atoms with van der Waals surface area (Å²) < 4.78 is 5.91. The number of pyridine rings is 1. The SMILES string of the molecule is Cc1ncccc1OC[C@H]1CCCN1c1cncc(C#N)n1. The smallest absolute Gasteiger partial charge is 0.161 e. The maximum absolute atomic E-state index is 8.95. The molecule has 3 rings (SSSR count). The van der Waals surface area contributed by atoms with Crippen molar-refractivity contribution in [3.8, 4) is 11.8 Å². The minimum atomic E-state index is 0.239.